The lowest BCUT2D eigenvalue weighted by Crippen LogP contribution is -2.56. The monoisotopic (exact) mass is 350 g/mol. The zero-order valence-corrected chi connectivity index (χ0v) is 15.0. The predicted molar refractivity (Wildman–Crippen MR) is 97.9 cm³/mol. The minimum Gasteiger partial charge on any atom is -0.480 e. The second kappa shape index (κ2) is 8.07. The SMILES string of the molecule is COc1ncccc1NC(=O)NCC1(N2CCSCC2)CCCC1. The van der Waals surface area contributed by atoms with Gasteiger partial charge in [-0.25, -0.2) is 9.78 Å². The van der Waals surface area contributed by atoms with Crippen molar-refractivity contribution in [1.82, 2.24) is 15.2 Å². The summed E-state index contributed by atoms with van der Waals surface area (Å²) >= 11 is 2.02. The standard InChI is InChI=1S/C17H26N4O2S/c1-23-15-14(5-4-8-18-15)20-16(22)19-13-17(6-2-3-7-17)21-9-11-24-12-10-21/h4-5,8H,2-3,6-7,9-13H2,1H3,(H2,19,20,22). The highest BCUT2D eigenvalue weighted by atomic mass is 32.2. The lowest BCUT2D eigenvalue weighted by molar-refractivity contribution is 0.105. The van der Waals surface area contributed by atoms with Crippen molar-refractivity contribution in [1.29, 1.82) is 0 Å². The Kier molecular flexibility index (Phi) is 5.84. The number of thioether (sulfide) groups is 1. The van der Waals surface area contributed by atoms with Crippen molar-refractivity contribution in [3.8, 4) is 5.88 Å². The molecule has 1 aromatic heterocycles. The lowest BCUT2D eigenvalue weighted by atomic mass is 9.94. The second-order valence-corrected chi connectivity index (χ2v) is 7.62. The number of carbonyl (C=O) groups excluding carboxylic acids is 1. The number of urea groups is 1. The van der Waals surface area contributed by atoms with Crippen molar-refractivity contribution in [2.24, 2.45) is 0 Å². The van der Waals surface area contributed by atoms with E-state index in [0.29, 0.717) is 18.1 Å². The summed E-state index contributed by atoms with van der Waals surface area (Å²) in [4.78, 5) is 19.0. The Bertz CT molecular complexity index is 557. The van der Waals surface area contributed by atoms with Crippen molar-refractivity contribution in [2.75, 3.05) is 43.6 Å². The van der Waals surface area contributed by atoms with E-state index in [1.54, 1.807) is 25.4 Å². The predicted octanol–water partition coefficient (Wildman–Crippen LogP) is 2.57. The van der Waals surface area contributed by atoms with Crippen LogP contribution >= 0.6 is 11.8 Å². The summed E-state index contributed by atoms with van der Waals surface area (Å²) < 4.78 is 5.17. The van der Waals surface area contributed by atoms with Gasteiger partial charge in [0.1, 0.15) is 5.69 Å². The molecule has 1 aliphatic heterocycles. The summed E-state index contributed by atoms with van der Waals surface area (Å²) in [7, 11) is 1.55. The Morgan fingerprint density at radius 2 is 2.12 bits per heavy atom. The third-order valence-corrected chi connectivity index (χ3v) is 5.95. The number of hydrogen-bond acceptors (Lipinski definition) is 5. The van der Waals surface area contributed by atoms with Crippen molar-refractivity contribution >= 4 is 23.5 Å². The van der Waals surface area contributed by atoms with Crippen LogP contribution in [0.4, 0.5) is 10.5 Å². The molecule has 1 aliphatic carbocycles. The van der Waals surface area contributed by atoms with Crippen LogP contribution in [-0.2, 0) is 0 Å². The van der Waals surface area contributed by atoms with Gasteiger partial charge in [0.15, 0.2) is 0 Å². The Morgan fingerprint density at radius 3 is 2.83 bits per heavy atom. The molecule has 2 fully saturated rings. The van der Waals surface area contributed by atoms with E-state index in [1.165, 1.54) is 37.2 Å². The molecule has 0 bridgehead atoms. The molecule has 1 aromatic rings. The molecule has 2 amide bonds. The molecule has 2 aliphatic rings. The van der Waals surface area contributed by atoms with Crippen LogP contribution in [0.2, 0.25) is 0 Å². The van der Waals surface area contributed by atoms with E-state index in [4.69, 9.17) is 4.74 Å². The number of carbonyl (C=O) groups is 1. The minimum atomic E-state index is -0.195. The highest BCUT2D eigenvalue weighted by molar-refractivity contribution is 7.99. The maximum absolute atomic E-state index is 12.3. The summed E-state index contributed by atoms with van der Waals surface area (Å²) in [6, 6.07) is 3.37. The van der Waals surface area contributed by atoms with Gasteiger partial charge in [0.25, 0.3) is 0 Å². The molecule has 2 heterocycles. The van der Waals surface area contributed by atoms with Gasteiger partial charge in [0, 0.05) is 42.9 Å². The van der Waals surface area contributed by atoms with Crippen LogP contribution in [0.5, 0.6) is 5.88 Å². The molecule has 0 unspecified atom stereocenters. The number of pyridine rings is 1. The van der Waals surface area contributed by atoms with E-state index in [1.807, 2.05) is 11.8 Å². The average Bonchev–Trinajstić information content (AvgIpc) is 3.11. The summed E-state index contributed by atoms with van der Waals surface area (Å²) in [6.07, 6.45) is 6.50. The highest BCUT2D eigenvalue weighted by Crippen LogP contribution is 2.36. The number of aromatic nitrogens is 1. The Hall–Kier alpha value is -1.47. The molecular formula is C17H26N4O2S. The van der Waals surface area contributed by atoms with Gasteiger partial charge in [-0.05, 0) is 25.0 Å². The molecule has 2 N–H and O–H groups in total. The molecule has 132 valence electrons. The molecule has 0 atom stereocenters. The van der Waals surface area contributed by atoms with E-state index in [2.05, 4.69) is 20.5 Å². The van der Waals surface area contributed by atoms with E-state index in [0.717, 1.165) is 13.1 Å². The van der Waals surface area contributed by atoms with Crippen molar-refractivity contribution in [3.05, 3.63) is 18.3 Å². The third-order valence-electron chi connectivity index (χ3n) is 5.01. The van der Waals surface area contributed by atoms with Gasteiger partial charge in [-0.15, -0.1) is 0 Å². The van der Waals surface area contributed by atoms with Crippen LogP contribution in [0.25, 0.3) is 0 Å². The molecule has 7 heteroatoms. The number of nitrogens with one attached hydrogen (secondary N) is 2. The number of amides is 2. The lowest BCUT2D eigenvalue weighted by Gasteiger charge is -2.43. The Balaban J connectivity index is 1.59. The normalized spacial score (nSPS) is 20.5. The van der Waals surface area contributed by atoms with Gasteiger partial charge >= 0.3 is 6.03 Å². The van der Waals surface area contributed by atoms with Crippen LogP contribution in [0.15, 0.2) is 18.3 Å². The van der Waals surface area contributed by atoms with Crippen LogP contribution in [0.3, 0.4) is 0 Å². The number of methoxy groups -OCH3 is 1. The first-order valence-corrected chi connectivity index (χ1v) is 9.76. The fourth-order valence-corrected chi connectivity index (χ4v) is 4.64. The summed E-state index contributed by atoms with van der Waals surface area (Å²) in [5.74, 6) is 2.82. The van der Waals surface area contributed by atoms with E-state index in [-0.39, 0.29) is 11.6 Å². The molecule has 0 aromatic carbocycles. The number of rotatable bonds is 5. The molecule has 1 saturated carbocycles. The number of hydrogen-bond donors (Lipinski definition) is 2. The number of nitrogens with zero attached hydrogens (tertiary/aromatic N) is 2. The number of ether oxygens (including phenoxy) is 1. The maximum atomic E-state index is 12.3. The van der Waals surface area contributed by atoms with Gasteiger partial charge in [-0.1, -0.05) is 12.8 Å². The summed E-state index contributed by atoms with van der Waals surface area (Å²) in [5, 5.41) is 5.93. The summed E-state index contributed by atoms with van der Waals surface area (Å²) in [6.45, 7) is 2.96. The van der Waals surface area contributed by atoms with Crippen molar-refractivity contribution in [2.45, 2.75) is 31.2 Å². The van der Waals surface area contributed by atoms with Gasteiger partial charge in [0.05, 0.1) is 7.11 Å². The fraction of sp³-hybridized carbons (Fsp3) is 0.647. The molecule has 24 heavy (non-hydrogen) atoms. The minimum absolute atomic E-state index is 0.136. The first kappa shape index (κ1) is 17.4. The number of anilines is 1. The Labute approximate surface area is 147 Å². The van der Waals surface area contributed by atoms with Gasteiger partial charge < -0.3 is 15.4 Å². The molecule has 0 spiro atoms. The second-order valence-electron chi connectivity index (χ2n) is 6.40. The highest BCUT2D eigenvalue weighted by Gasteiger charge is 2.40. The van der Waals surface area contributed by atoms with Crippen LogP contribution < -0.4 is 15.4 Å². The quantitative estimate of drug-likeness (QED) is 0.854. The maximum Gasteiger partial charge on any atom is 0.319 e. The fourth-order valence-electron chi connectivity index (χ4n) is 3.74. The van der Waals surface area contributed by atoms with Crippen LogP contribution in [0.1, 0.15) is 25.7 Å². The van der Waals surface area contributed by atoms with E-state index >= 15 is 0 Å². The van der Waals surface area contributed by atoms with Crippen molar-refractivity contribution < 1.29 is 9.53 Å². The first-order valence-electron chi connectivity index (χ1n) is 8.60. The largest absolute Gasteiger partial charge is 0.480 e. The van der Waals surface area contributed by atoms with E-state index < -0.39 is 0 Å². The topological polar surface area (TPSA) is 66.5 Å². The van der Waals surface area contributed by atoms with Crippen LogP contribution in [-0.4, -0.2) is 59.7 Å². The summed E-state index contributed by atoms with van der Waals surface area (Å²) in [5.41, 5.74) is 0.726. The van der Waals surface area contributed by atoms with Crippen molar-refractivity contribution in [3.63, 3.8) is 0 Å². The molecule has 6 nitrogen and oxygen atoms in total. The average molecular weight is 350 g/mol. The Morgan fingerprint density at radius 1 is 1.38 bits per heavy atom. The van der Waals surface area contributed by atoms with E-state index in [9.17, 15) is 4.79 Å². The molecular weight excluding hydrogens is 324 g/mol. The van der Waals surface area contributed by atoms with Gasteiger partial charge in [-0.2, -0.15) is 11.8 Å². The molecule has 3 rings (SSSR count). The van der Waals surface area contributed by atoms with Gasteiger partial charge in [-0.3, -0.25) is 4.90 Å². The van der Waals surface area contributed by atoms with Gasteiger partial charge in [0.2, 0.25) is 5.88 Å². The third kappa shape index (κ3) is 3.95. The first-order chi connectivity index (χ1) is 11.7. The zero-order valence-electron chi connectivity index (χ0n) is 14.2. The zero-order chi connectivity index (χ0) is 16.8. The molecule has 1 saturated heterocycles. The van der Waals surface area contributed by atoms with Crippen LogP contribution in [0, 0.1) is 0 Å². The molecule has 0 radical (unpaired) electrons. The smallest absolute Gasteiger partial charge is 0.319 e.